The maximum atomic E-state index is 10.9. The van der Waals surface area contributed by atoms with Crippen molar-refractivity contribution in [3.63, 3.8) is 0 Å². The fraction of sp³-hybridized carbons (Fsp3) is 0.571. The highest BCUT2D eigenvalue weighted by molar-refractivity contribution is 6.12. The van der Waals surface area contributed by atoms with Gasteiger partial charge in [0.15, 0.2) is 18.1 Å². The zero-order chi connectivity index (χ0) is 9.84. The van der Waals surface area contributed by atoms with E-state index in [1.807, 2.05) is 0 Å². The molecule has 1 saturated carbocycles. The Bertz CT molecular complexity index is 256. The second kappa shape index (κ2) is 3.88. The van der Waals surface area contributed by atoms with Gasteiger partial charge in [0.25, 0.3) is 0 Å². The van der Waals surface area contributed by atoms with Crippen LogP contribution in [0.3, 0.4) is 0 Å². The molecule has 1 fully saturated rings. The predicted molar refractivity (Wildman–Crippen MR) is 39.8 cm³/mol. The molecule has 6 heteroatoms. The monoisotopic (exact) mass is 185 g/mol. The lowest BCUT2D eigenvalue weighted by molar-refractivity contribution is -0.156. The van der Waals surface area contributed by atoms with Crippen LogP contribution in [0.5, 0.6) is 0 Å². The third kappa shape index (κ3) is 2.17. The summed E-state index contributed by atoms with van der Waals surface area (Å²) in [5.74, 6) is -1.77. The molecule has 0 heterocycles. The Labute approximate surface area is 73.2 Å². The Morgan fingerprint density at radius 1 is 1.38 bits per heavy atom. The van der Waals surface area contributed by atoms with E-state index in [0.717, 1.165) is 0 Å². The number of nitroso groups, excluding NO2 is 1. The van der Waals surface area contributed by atoms with Crippen molar-refractivity contribution in [1.82, 2.24) is 0 Å². The Morgan fingerprint density at radius 2 is 1.92 bits per heavy atom. The molecular weight excluding hydrogens is 178 g/mol. The van der Waals surface area contributed by atoms with E-state index < -0.39 is 30.2 Å². The molecule has 0 unspecified atom stereocenters. The van der Waals surface area contributed by atoms with Gasteiger partial charge in [-0.15, -0.1) is 0 Å². The Hall–Kier alpha value is -1.59. The molecule has 0 bridgehead atoms. The van der Waals surface area contributed by atoms with E-state index >= 15 is 0 Å². The summed E-state index contributed by atoms with van der Waals surface area (Å²) in [5.41, 5.74) is 0. The highest BCUT2D eigenvalue weighted by Crippen LogP contribution is 2.14. The summed E-state index contributed by atoms with van der Waals surface area (Å²) in [6.07, 6.45) is -1.09. The molecule has 0 radical (unpaired) electrons. The minimum atomic E-state index is -1.30. The van der Waals surface area contributed by atoms with Gasteiger partial charge in [-0.3, -0.25) is 9.59 Å². The SMILES string of the molecule is O=NCC(=O)OC1C(=O)CCC1=O. The zero-order valence-electron chi connectivity index (χ0n) is 6.69. The van der Waals surface area contributed by atoms with E-state index in [1.54, 1.807) is 0 Å². The second-order valence-corrected chi connectivity index (χ2v) is 2.59. The number of ketones is 2. The fourth-order valence-electron chi connectivity index (χ4n) is 1.04. The summed E-state index contributed by atoms with van der Waals surface area (Å²) in [6.45, 7) is -0.670. The number of carbonyl (C=O) groups excluding carboxylic acids is 3. The van der Waals surface area contributed by atoms with Gasteiger partial charge in [0.1, 0.15) is 0 Å². The largest absolute Gasteiger partial charge is 0.445 e. The molecule has 0 aromatic carbocycles. The van der Waals surface area contributed by atoms with Gasteiger partial charge in [0, 0.05) is 12.8 Å². The van der Waals surface area contributed by atoms with E-state index in [0.29, 0.717) is 0 Å². The maximum absolute atomic E-state index is 10.9. The van der Waals surface area contributed by atoms with Crippen molar-refractivity contribution in [2.75, 3.05) is 6.54 Å². The molecule has 0 spiro atoms. The van der Waals surface area contributed by atoms with Crippen LogP contribution in [0.25, 0.3) is 0 Å². The molecule has 0 saturated heterocycles. The van der Waals surface area contributed by atoms with Crippen molar-refractivity contribution in [2.24, 2.45) is 5.18 Å². The fourth-order valence-corrected chi connectivity index (χ4v) is 1.04. The molecule has 1 rings (SSSR count). The van der Waals surface area contributed by atoms with Crippen LogP contribution in [-0.2, 0) is 19.1 Å². The van der Waals surface area contributed by atoms with Crippen LogP contribution in [0.4, 0.5) is 0 Å². The lowest BCUT2D eigenvalue weighted by Gasteiger charge is -2.06. The van der Waals surface area contributed by atoms with E-state index in [1.165, 1.54) is 0 Å². The Balaban J connectivity index is 2.52. The predicted octanol–water partition coefficient (Wildman–Crippen LogP) is -0.403. The standard InChI is InChI=1S/C7H7NO5/c9-4-1-2-5(10)7(4)13-6(11)3-8-12/h7H,1-3H2. The lowest BCUT2D eigenvalue weighted by atomic mass is 10.3. The minimum Gasteiger partial charge on any atom is -0.445 e. The summed E-state index contributed by atoms with van der Waals surface area (Å²) >= 11 is 0. The molecule has 1 aliphatic rings. The van der Waals surface area contributed by atoms with Gasteiger partial charge in [0.05, 0.1) is 0 Å². The molecule has 0 amide bonds. The maximum Gasteiger partial charge on any atom is 0.332 e. The quantitative estimate of drug-likeness (QED) is 0.339. The minimum absolute atomic E-state index is 0.102. The number of rotatable bonds is 3. The van der Waals surface area contributed by atoms with E-state index in [-0.39, 0.29) is 12.8 Å². The van der Waals surface area contributed by atoms with Gasteiger partial charge in [0.2, 0.25) is 6.10 Å². The average molecular weight is 185 g/mol. The first kappa shape index (κ1) is 9.50. The van der Waals surface area contributed by atoms with Crippen LogP contribution < -0.4 is 0 Å². The zero-order valence-corrected chi connectivity index (χ0v) is 6.69. The van der Waals surface area contributed by atoms with E-state index in [2.05, 4.69) is 9.91 Å². The molecule has 0 atom stereocenters. The molecule has 1 aliphatic carbocycles. The van der Waals surface area contributed by atoms with Crippen molar-refractivity contribution in [3.8, 4) is 0 Å². The van der Waals surface area contributed by atoms with E-state index in [9.17, 15) is 19.3 Å². The summed E-state index contributed by atoms with van der Waals surface area (Å²) in [4.78, 5) is 42.1. The highest BCUT2D eigenvalue weighted by atomic mass is 16.6. The summed E-state index contributed by atoms with van der Waals surface area (Å²) in [6, 6.07) is 0. The Kier molecular flexibility index (Phi) is 2.84. The average Bonchev–Trinajstić information content (AvgIpc) is 2.36. The number of hydrogen-bond donors (Lipinski definition) is 0. The van der Waals surface area contributed by atoms with Gasteiger partial charge < -0.3 is 4.74 Å². The summed E-state index contributed by atoms with van der Waals surface area (Å²) < 4.78 is 4.44. The number of nitrogens with zero attached hydrogens (tertiary/aromatic N) is 1. The second-order valence-electron chi connectivity index (χ2n) is 2.59. The summed E-state index contributed by atoms with van der Waals surface area (Å²) in [5, 5.41) is 2.28. The third-order valence-corrected chi connectivity index (χ3v) is 1.65. The first-order valence-corrected chi connectivity index (χ1v) is 3.69. The molecule has 0 aliphatic heterocycles. The molecule has 0 aromatic rings. The third-order valence-electron chi connectivity index (χ3n) is 1.65. The van der Waals surface area contributed by atoms with Gasteiger partial charge in [-0.05, 0) is 0 Å². The van der Waals surface area contributed by atoms with Gasteiger partial charge in [-0.2, -0.15) is 4.91 Å². The molecule has 13 heavy (non-hydrogen) atoms. The van der Waals surface area contributed by atoms with E-state index in [4.69, 9.17) is 0 Å². The van der Waals surface area contributed by atoms with Crippen molar-refractivity contribution >= 4 is 17.5 Å². The molecule has 6 nitrogen and oxygen atoms in total. The first-order valence-electron chi connectivity index (χ1n) is 3.69. The highest BCUT2D eigenvalue weighted by Gasteiger charge is 2.35. The normalized spacial score (nSPS) is 17.5. The van der Waals surface area contributed by atoms with Crippen LogP contribution in [0.2, 0.25) is 0 Å². The number of hydrogen-bond acceptors (Lipinski definition) is 6. The number of Topliss-reactive ketones (excluding diaryl/α,β-unsaturated/α-hetero) is 2. The van der Waals surface area contributed by atoms with Crippen molar-refractivity contribution in [2.45, 2.75) is 18.9 Å². The number of ether oxygens (including phenoxy) is 1. The van der Waals surface area contributed by atoms with Crippen LogP contribution in [0, 0.1) is 4.91 Å². The van der Waals surface area contributed by atoms with Gasteiger partial charge in [-0.25, -0.2) is 4.79 Å². The first-order chi connectivity index (χ1) is 6.15. The smallest absolute Gasteiger partial charge is 0.332 e. The van der Waals surface area contributed by atoms with Crippen LogP contribution >= 0.6 is 0 Å². The lowest BCUT2D eigenvalue weighted by Crippen LogP contribution is -2.29. The molecule has 0 N–H and O–H groups in total. The van der Waals surface area contributed by atoms with Crippen LogP contribution in [0.1, 0.15) is 12.8 Å². The molecular formula is C7H7NO5. The van der Waals surface area contributed by atoms with Gasteiger partial charge >= 0.3 is 5.97 Å². The van der Waals surface area contributed by atoms with Crippen molar-refractivity contribution in [1.29, 1.82) is 0 Å². The van der Waals surface area contributed by atoms with Gasteiger partial charge in [-0.1, -0.05) is 5.18 Å². The van der Waals surface area contributed by atoms with Crippen molar-refractivity contribution in [3.05, 3.63) is 4.91 Å². The van der Waals surface area contributed by atoms with Crippen molar-refractivity contribution < 1.29 is 19.1 Å². The van der Waals surface area contributed by atoms with Crippen LogP contribution in [0.15, 0.2) is 5.18 Å². The topological polar surface area (TPSA) is 89.9 Å². The van der Waals surface area contributed by atoms with Crippen LogP contribution in [-0.4, -0.2) is 30.2 Å². The number of esters is 1. The summed E-state index contributed by atoms with van der Waals surface area (Å²) in [7, 11) is 0. The number of carbonyl (C=O) groups is 3. The molecule has 70 valence electrons. The Morgan fingerprint density at radius 3 is 2.38 bits per heavy atom. The molecule has 0 aromatic heterocycles.